The lowest BCUT2D eigenvalue weighted by atomic mass is 10.1. The largest absolute Gasteiger partial charge is 0.330 e. The minimum Gasteiger partial charge on any atom is -0.330 e. The van der Waals surface area contributed by atoms with Crippen LogP contribution in [0.2, 0.25) is 0 Å². The summed E-state index contributed by atoms with van der Waals surface area (Å²) in [4.78, 5) is 34.8. The molecule has 2 aromatic carbocycles. The van der Waals surface area contributed by atoms with Crippen LogP contribution in [-0.4, -0.2) is 37.8 Å². The van der Waals surface area contributed by atoms with E-state index in [9.17, 15) is 9.59 Å². The topological polar surface area (TPSA) is 94.1 Å². The van der Waals surface area contributed by atoms with Gasteiger partial charge in [-0.3, -0.25) is 14.2 Å². The Kier molecular flexibility index (Phi) is 9.37. The number of hydrogen-bond donors (Lipinski definition) is 1. The minimum atomic E-state index is -0.390. The van der Waals surface area contributed by atoms with E-state index in [-0.39, 0.29) is 23.9 Å². The maximum absolute atomic E-state index is 13.7. The number of carbonyl (C=O) groups excluding carboxylic acids is 1. The van der Waals surface area contributed by atoms with Crippen molar-refractivity contribution in [1.82, 2.24) is 18.8 Å². The van der Waals surface area contributed by atoms with Gasteiger partial charge in [0.15, 0.2) is 4.83 Å². The Hall–Kier alpha value is -3.07. The van der Waals surface area contributed by atoms with Crippen molar-refractivity contribution in [2.24, 2.45) is 5.73 Å². The number of nitrogens with two attached hydrogens (primary N) is 1. The summed E-state index contributed by atoms with van der Waals surface area (Å²) < 4.78 is 6.10. The fourth-order valence-electron chi connectivity index (χ4n) is 4.32. The predicted molar refractivity (Wildman–Crippen MR) is 148 cm³/mol. The molecule has 7 nitrogen and oxygen atoms in total. The van der Waals surface area contributed by atoms with Crippen molar-refractivity contribution in [2.75, 3.05) is 13.1 Å². The highest BCUT2D eigenvalue weighted by atomic mass is 35.5. The molecule has 1 atom stereocenters. The molecule has 4 rings (SSSR count). The normalized spacial score (nSPS) is 11.8. The molecule has 190 valence electrons. The second-order valence-corrected chi connectivity index (χ2v) is 9.48. The zero-order chi connectivity index (χ0) is 24.9. The third kappa shape index (κ3) is 5.67. The Bertz CT molecular complexity index is 1370. The van der Waals surface area contributed by atoms with Crippen LogP contribution in [0, 0.1) is 13.8 Å². The Morgan fingerprint density at radius 2 is 1.81 bits per heavy atom. The number of hydrogen-bond acceptors (Lipinski definition) is 6. The van der Waals surface area contributed by atoms with Crippen LogP contribution in [0.25, 0.3) is 10.2 Å². The Morgan fingerprint density at radius 3 is 2.44 bits per heavy atom. The fraction of sp³-hybridized carbons (Fsp3) is 0.333. The molecule has 9 heteroatoms. The first kappa shape index (κ1) is 27.5. The molecular formula is C27H32ClN5O2S. The van der Waals surface area contributed by atoms with Crippen molar-refractivity contribution in [3.63, 3.8) is 0 Å². The van der Waals surface area contributed by atoms with Crippen molar-refractivity contribution < 1.29 is 4.79 Å². The molecule has 2 aromatic heterocycles. The van der Waals surface area contributed by atoms with E-state index in [0.29, 0.717) is 59.8 Å². The number of fused-ring (bicyclic) bond motifs is 1. The molecular weight excluding hydrogens is 494 g/mol. The molecule has 2 heterocycles. The van der Waals surface area contributed by atoms with Gasteiger partial charge in [-0.15, -0.1) is 12.4 Å². The maximum Gasteiger partial charge on any atom is 0.264 e. The SMILES string of the molecule is CCC(c1nc2snc(C)c2c(=O)n1Cc1ccccc1)N(CCCN)C(=O)c1ccc(C)cc1.Cl. The van der Waals surface area contributed by atoms with E-state index in [4.69, 9.17) is 10.7 Å². The number of nitrogens with zero attached hydrogens (tertiary/aromatic N) is 4. The average molecular weight is 526 g/mol. The molecule has 0 radical (unpaired) electrons. The predicted octanol–water partition coefficient (Wildman–Crippen LogP) is 4.88. The molecule has 1 unspecified atom stereocenters. The van der Waals surface area contributed by atoms with Crippen LogP contribution in [-0.2, 0) is 6.54 Å². The first-order valence-corrected chi connectivity index (χ1v) is 12.7. The van der Waals surface area contributed by atoms with Gasteiger partial charge in [0.1, 0.15) is 5.82 Å². The van der Waals surface area contributed by atoms with E-state index < -0.39 is 6.04 Å². The van der Waals surface area contributed by atoms with E-state index in [1.165, 1.54) is 11.5 Å². The van der Waals surface area contributed by atoms with Crippen molar-refractivity contribution in [3.8, 4) is 0 Å². The Morgan fingerprint density at radius 1 is 1.11 bits per heavy atom. The second kappa shape index (κ2) is 12.3. The van der Waals surface area contributed by atoms with Crippen LogP contribution >= 0.6 is 23.9 Å². The Balaban J connectivity index is 0.00000361. The van der Waals surface area contributed by atoms with Gasteiger partial charge in [-0.25, -0.2) is 4.98 Å². The highest BCUT2D eigenvalue weighted by Gasteiger charge is 2.29. The summed E-state index contributed by atoms with van der Waals surface area (Å²) in [7, 11) is 0. The third-order valence-electron chi connectivity index (χ3n) is 6.20. The van der Waals surface area contributed by atoms with Gasteiger partial charge in [-0.1, -0.05) is 55.0 Å². The maximum atomic E-state index is 13.7. The number of benzene rings is 2. The number of rotatable bonds is 9. The quantitative estimate of drug-likeness (QED) is 0.336. The van der Waals surface area contributed by atoms with Gasteiger partial charge in [-0.05, 0) is 62.5 Å². The highest BCUT2D eigenvalue weighted by molar-refractivity contribution is 7.12. The van der Waals surface area contributed by atoms with Crippen LogP contribution in [0.3, 0.4) is 0 Å². The first-order chi connectivity index (χ1) is 16.9. The molecule has 0 fully saturated rings. The van der Waals surface area contributed by atoms with E-state index in [1.54, 1.807) is 4.57 Å². The molecule has 0 bridgehead atoms. The number of halogens is 1. The van der Waals surface area contributed by atoms with Gasteiger partial charge in [0, 0.05) is 12.1 Å². The zero-order valence-electron chi connectivity index (χ0n) is 20.8. The van der Waals surface area contributed by atoms with Crippen LogP contribution in [0.15, 0.2) is 59.4 Å². The van der Waals surface area contributed by atoms with Crippen LogP contribution in [0.1, 0.15) is 58.8 Å². The number of amides is 1. The summed E-state index contributed by atoms with van der Waals surface area (Å²) in [5.74, 6) is 0.487. The molecule has 0 saturated heterocycles. The fourth-order valence-corrected chi connectivity index (χ4v) is 5.10. The van der Waals surface area contributed by atoms with Gasteiger partial charge < -0.3 is 10.6 Å². The molecule has 4 aromatic rings. The smallest absolute Gasteiger partial charge is 0.264 e. The summed E-state index contributed by atoms with van der Waals surface area (Å²) in [6.45, 7) is 7.15. The zero-order valence-corrected chi connectivity index (χ0v) is 22.4. The summed E-state index contributed by atoms with van der Waals surface area (Å²) in [5, 5.41) is 0.544. The van der Waals surface area contributed by atoms with E-state index >= 15 is 0 Å². The van der Waals surface area contributed by atoms with Crippen LogP contribution in [0.4, 0.5) is 0 Å². The van der Waals surface area contributed by atoms with Crippen molar-refractivity contribution in [1.29, 1.82) is 0 Å². The minimum absolute atomic E-state index is 0. The van der Waals surface area contributed by atoms with Gasteiger partial charge in [0.05, 0.1) is 23.7 Å². The van der Waals surface area contributed by atoms with Crippen LogP contribution < -0.4 is 11.3 Å². The Labute approximate surface area is 221 Å². The standard InChI is InChI=1S/C27H31N5O2S.ClH/c1-4-22(31(16-8-15-28)26(33)21-13-11-18(2)12-14-21)24-29-25-23(19(3)30-35-25)27(34)32(24)17-20-9-6-5-7-10-20;/h5-7,9-14,22H,4,8,15-17,28H2,1-3H3;1H. The molecule has 1 amide bonds. The van der Waals surface area contributed by atoms with Gasteiger partial charge in [0.2, 0.25) is 0 Å². The van der Waals surface area contributed by atoms with E-state index in [2.05, 4.69) is 4.37 Å². The summed E-state index contributed by atoms with van der Waals surface area (Å²) in [6.07, 6.45) is 1.26. The average Bonchev–Trinajstić information content (AvgIpc) is 3.25. The van der Waals surface area contributed by atoms with Crippen molar-refractivity contribution >= 4 is 40.1 Å². The van der Waals surface area contributed by atoms with Gasteiger partial charge in [-0.2, -0.15) is 4.37 Å². The van der Waals surface area contributed by atoms with E-state index in [0.717, 1.165) is 11.1 Å². The highest BCUT2D eigenvalue weighted by Crippen LogP contribution is 2.28. The monoisotopic (exact) mass is 525 g/mol. The summed E-state index contributed by atoms with van der Waals surface area (Å²) >= 11 is 1.22. The van der Waals surface area contributed by atoms with E-state index in [1.807, 2.05) is 80.3 Å². The summed E-state index contributed by atoms with van der Waals surface area (Å²) in [5.41, 5.74) is 9.08. The molecule has 36 heavy (non-hydrogen) atoms. The molecule has 0 saturated carbocycles. The summed E-state index contributed by atoms with van der Waals surface area (Å²) in [6, 6.07) is 17.0. The molecule has 0 aliphatic rings. The van der Waals surface area contributed by atoms with Gasteiger partial charge in [0.25, 0.3) is 11.5 Å². The van der Waals surface area contributed by atoms with Crippen molar-refractivity contribution in [2.45, 2.75) is 46.2 Å². The molecule has 0 spiro atoms. The number of aromatic nitrogens is 3. The molecule has 0 aliphatic heterocycles. The van der Waals surface area contributed by atoms with Gasteiger partial charge >= 0.3 is 0 Å². The third-order valence-corrected chi connectivity index (χ3v) is 7.04. The van der Waals surface area contributed by atoms with Crippen LogP contribution in [0.5, 0.6) is 0 Å². The number of carbonyl (C=O) groups is 1. The molecule has 2 N–H and O–H groups in total. The lowest BCUT2D eigenvalue weighted by molar-refractivity contribution is 0.0656. The lowest BCUT2D eigenvalue weighted by Crippen LogP contribution is -2.40. The first-order valence-electron chi connectivity index (χ1n) is 11.9. The lowest BCUT2D eigenvalue weighted by Gasteiger charge is -2.32. The second-order valence-electron chi connectivity index (χ2n) is 8.73. The molecule has 0 aliphatic carbocycles. The van der Waals surface area contributed by atoms with Crippen molar-refractivity contribution in [3.05, 3.63) is 93.2 Å². The number of aryl methyl sites for hydroxylation is 2.